The highest BCUT2D eigenvalue weighted by atomic mass is 32.2. The molecule has 0 bridgehead atoms. The van der Waals surface area contributed by atoms with E-state index < -0.39 is 0 Å². The lowest BCUT2D eigenvalue weighted by molar-refractivity contribution is 0.632. The van der Waals surface area contributed by atoms with Crippen molar-refractivity contribution in [2.75, 3.05) is 31.6 Å². The Morgan fingerprint density at radius 2 is 2.19 bits per heavy atom. The molecule has 0 radical (unpaired) electrons. The minimum Gasteiger partial charge on any atom is -0.357 e. The Morgan fingerprint density at radius 3 is 2.90 bits per heavy atom. The van der Waals surface area contributed by atoms with Gasteiger partial charge in [-0.25, -0.2) is 0 Å². The van der Waals surface area contributed by atoms with Crippen molar-refractivity contribution in [3.05, 3.63) is 12.2 Å². The molecule has 0 saturated carbocycles. The number of unbranched alkanes of at least 4 members (excludes halogenated alkanes) is 1. The van der Waals surface area contributed by atoms with Crippen LogP contribution in [0, 0.1) is 0 Å². The number of rotatable bonds is 10. The first-order chi connectivity index (χ1) is 10.3. The second-order valence-corrected chi connectivity index (χ2v) is 5.67. The minimum absolute atomic E-state index is 0.821. The number of aryl methyl sites for hydroxylation is 1. The molecule has 0 fully saturated rings. The van der Waals surface area contributed by atoms with Crippen LogP contribution in [0.1, 0.15) is 32.5 Å². The number of nitrogens with zero attached hydrogens (tertiary/aromatic N) is 4. The highest BCUT2D eigenvalue weighted by Crippen LogP contribution is 1.99. The van der Waals surface area contributed by atoms with Crippen LogP contribution in [0.2, 0.25) is 0 Å². The summed E-state index contributed by atoms with van der Waals surface area (Å²) in [6.07, 6.45) is 7.20. The van der Waals surface area contributed by atoms with Crippen molar-refractivity contribution in [1.29, 1.82) is 0 Å². The summed E-state index contributed by atoms with van der Waals surface area (Å²) >= 11 is 1.89. The fourth-order valence-corrected chi connectivity index (χ4v) is 2.42. The normalized spacial score (nSPS) is 11.7. The molecule has 0 amide bonds. The van der Waals surface area contributed by atoms with Gasteiger partial charge >= 0.3 is 0 Å². The monoisotopic (exact) mass is 312 g/mol. The van der Waals surface area contributed by atoms with Gasteiger partial charge in [-0.05, 0) is 31.8 Å². The van der Waals surface area contributed by atoms with E-state index >= 15 is 0 Å². The first kappa shape index (κ1) is 17.8. The molecule has 0 spiro atoms. The average molecular weight is 312 g/mol. The number of aliphatic imine (C=N–C) groups is 1. The zero-order chi connectivity index (χ0) is 15.3. The van der Waals surface area contributed by atoms with Crippen molar-refractivity contribution in [1.82, 2.24) is 25.4 Å². The quantitative estimate of drug-likeness (QED) is 0.390. The van der Waals surface area contributed by atoms with Gasteiger partial charge in [0.2, 0.25) is 0 Å². The second kappa shape index (κ2) is 11.4. The van der Waals surface area contributed by atoms with Crippen molar-refractivity contribution in [3.63, 3.8) is 0 Å². The number of guanidine groups is 1. The van der Waals surface area contributed by atoms with Crippen molar-refractivity contribution >= 4 is 17.7 Å². The van der Waals surface area contributed by atoms with E-state index in [0.29, 0.717) is 0 Å². The van der Waals surface area contributed by atoms with Crippen molar-refractivity contribution in [2.24, 2.45) is 4.99 Å². The zero-order valence-electron chi connectivity index (χ0n) is 13.4. The molecule has 1 heterocycles. The fraction of sp³-hybridized carbons (Fsp3) is 0.786. The summed E-state index contributed by atoms with van der Waals surface area (Å²) in [5, 5.41) is 14.7. The Hall–Kier alpha value is -1.24. The Balaban J connectivity index is 2.31. The van der Waals surface area contributed by atoms with Crippen LogP contribution in [-0.4, -0.2) is 52.4 Å². The van der Waals surface area contributed by atoms with Crippen LogP contribution < -0.4 is 10.6 Å². The van der Waals surface area contributed by atoms with Gasteiger partial charge in [0.25, 0.3) is 0 Å². The molecule has 2 N–H and O–H groups in total. The van der Waals surface area contributed by atoms with E-state index in [1.807, 2.05) is 11.8 Å². The van der Waals surface area contributed by atoms with Crippen molar-refractivity contribution in [2.45, 2.75) is 39.7 Å². The highest BCUT2D eigenvalue weighted by Gasteiger charge is 2.02. The van der Waals surface area contributed by atoms with E-state index in [1.54, 1.807) is 6.33 Å². The summed E-state index contributed by atoms with van der Waals surface area (Å²) in [6, 6.07) is 0. The number of aromatic nitrogens is 3. The van der Waals surface area contributed by atoms with Gasteiger partial charge in [-0.15, -0.1) is 10.2 Å². The van der Waals surface area contributed by atoms with E-state index in [0.717, 1.165) is 50.8 Å². The molecule has 0 saturated heterocycles. The minimum atomic E-state index is 0.821. The molecule has 0 aliphatic heterocycles. The lowest BCUT2D eigenvalue weighted by Crippen LogP contribution is -2.39. The van der Waals surface area contributed by atoms with Crippen molar-refractivity contribution < 1.29 is 0 Å². The molecule has 0 aliphatic carbocycles. The summed E-state index contributed by atoms with van der Waals surface area (Å²) in [4.78, 5) is 4.59. The Kier molecular flexibility index (Phi) is 9.69. The lowest BCUT2D eigenvalue weighted by atomic mass is 10.3. The molecule has 0 atom stereocenters. The fourth-order valence-electron chi connectivity index (χ4n) is 1.93. The van der Waals surface area contributed by atoms with Crippen LogP contribution >= 0.6 is 11.8 Å². The maximum Gasteiger partial charge on any atom is 0.191 e. The summed E-state index contributed by atoms with van der Waals surface area (Å²) < 4.78 is 2.08. The van der Waals surface area contributed by atoms with E-state index in [-0.39, 0.29) is 0 Å². The highest BCUT2D eigenvalue weighted by molar-refractivity contribution is 7.98. The van der Waals surface area contributed by atoms with Gasteiger partial charge in [0, 0.05) is 32.6 Å². The van der Waals surface area contributed by atoms with Gasteiger partial charge in [0.15, 0.2) is 5.96 Å². The van der Waals surface area contributed by atoms with Crippen LogP contribution in [-0.2, 0) is 13.0 Å². The second-order valence-electron chi connectivity index (χ2n) is 4.68. The van der Waals surface area contributed by atoms with Gasteiger partial charge in [-0.3, -0.25) is 4.99 Å². The first-order valence-corrected chi connectivity index (χ1v) is 9.09. The largest absolute Gasteiger partial charge is 0.357 e. The van der Waals surface area contributed by atoms with Gasteiger partial charge in [0.05, 0.1) is 0 Å². The standard InChI is InChI=1S/C14H28N6S/c1-4-13-19-18-12-20(13)10-9-17-14(15-5-2)16-8-6-7-11-21-3/h12H,4-11H2,1-3H3,(H2,15,16,17). The van der Waals surface area contributed by atoms with Crippen LogP contribution in [0.15, 0.2) is 11.3 Å². The summed E-state index contributed by atoms with van der Waals surface area (Å²) in [5.41, 5.74) is 0. The van der Waals surface area contributed by atoms with Crippen LogP contribution in [0.4, 0.5) is 0 Å². The molecule has 1 aromatic rings. The lowest BCUT2D eigenvalue weighted by Gasteiger charge is -2.12. The maximum atomic E-state index is 4.59. The Morgan fingerprint density at radius 1 is 1.33 bits per heavy atom. The van der Waals surface area contributed by atoms with E-state index in [9.17, 15) is 0 Å². The summed E-state index contributed by atoms with van der Waals surface area (Å²) in [7, 11) is 0. The number of hydrogen-bond donors (Lipinski definition) is 2. The van der Waals surface area contributed by atoms with E-state index in [2.05, 4.69) is 50.5 Å². The zero-order valence-corrected chi connectivity index (χ0v) is 14.2. The summed E-state index contributed by atoms with van der Waals surface area (Å²) in [5.74, 6) is 3.14. The van der Waals surface area contributed by atoms with Gasteiger partial charge in [-0.2, -0.15) is 11.8 Å². The molecule has 120 valence electrons. The summed E-state index contributed by atoms with van der Waals surface area (Å²) in [6.45, 7) is 7.61. The molecule has 6 nitrogen and oxygen atoms in total. The van der Waals surface area contributed by atoms with Gasteiger partial charge in [-0.1, -0.05) is 6.92 Å². The molecular weight excluding hydrogens is 284 g/mol. The molecule has 0 aliphatic rings. The Bertz CT molecular complexity index is 404. The molecule has 1 aromatic heterocycles. The molecule has 1 rings (SSSR count). The molecular formula is C14H28N6S. The topological polar surface area (TPSA) is 67.1 Å². The SMILES string of the molecule is CCNC(=NCCCCSC)NCCn1cnnc1CC. The van der Waals surface area contributed by atoms with Crippen LogP contribution in [0.5, 0.6) is 0 Å². The third kappa shape index (κ3) is 7.36. The third-order valence-corrected chi connectivity index (χ3v) is 3.72. The Labute approximate surface area is 132 Å². The molecule has 0 aromatic carbocycles. The van der Waals surface area contributed by atoms with Gasteiger partial charge in [0.1, 0.15) is 12.2 Å². The third-order valence-electron chi connectivity index (χ3n) is 3.03. The van der Waals surface area contributed by atoms with Gasteiger partial charge < -0.3 is 15.2 Å². The maximum absolute atomic E-state index is 4.59. The molecule has 0 unspecified atom stereocenters. The smallest absolute Gasteiger partial charge is 0.191 e. The van der Waals surface area contributed by atoms with Crippen molar-refractivity contribution in [3.8, 4) is 0 Å². The van der Waals surface area contributed by atoms with E-state index in [1.165, 1.54) is 12.2 Å². The molecule has 7 heteroatoms. The average Bonchev–Trinajstić information content (AvgIpc) is 2.94. The number of thioether (sulfide) groups is 1. The first-order valence-electron chi connectivity index (χ1n) is 7.69. The predicted molar refractivity (Wildman–Crippen MR) is 91.0 cm³/mol. The number of hydrogen-bond acceptors (Lipinski definition) is 4. The van der Waals surface area contributed by atoms with Crippen LogP contribution in [0.25, 0.3) is 0 Å². The van der Waals surface area contributed by atoms with E-state index in [4.69, 9.17) is 0 Å². The van der Waals surface area contributed by atoms with Crippen LogP contribution in [0.3, 0.4) is 0 Å². The predicted octanol–water partition coefficient (Wildman–Crippen LogP) is 1.54. The number of nitrogens with one attached hydrogen (secondary N) is 2. The molecule has 21 heavy (non-hydrogen) atoms.